The summed E-state index contributed by atoms with van der Waals surface area (Å²) in [5.41, 5.74) is -0.499. The zero-order valence-corrected chi connectivity index (χ0v) is 13.0. The molecule has 0 bridgehead atoms. The van der Waals surface area contributed by atoms with Gasteiger partial charge in [-0.25, -0.2) is 0 Å². The van der Waals surface area contributed by atoms with Gasteiger partial charge in [-0.05, 0) is 27.8 Å². The molecule has 0 N–H and O–H groups in total. The highest BCUT2D eigenvalue weighted by molar-refractivity contribution is 5.81. The zero-order valence-electron chi connectivity index (χ0n) is 13.0. The van der Waals surface area contributed by atoms with E-state index >= 15 is 0 Å². The van der Waals surface area contributed by atoms with Crippen LogP contribution in [0.25, 0.3) is 0 Å². The lowest BCUT2D eigenvalue weighted by Gasteiger charge is -2.37. The van der Waals surface area contributed by atoms with E-state index < -0.39 is 5.41 Å². The summed E-state index contributed by atoms with van der Waals surface area (Å²) in [7, 11) is 3.68. The molecule has 1 amide bonds. The van der Waals surface area contributed by atoms with Crippen LogP contribution in [0.4, 0.5) is 0 Å². The van der Waals surface area contributed by atoms with Gasteiger partial charge in [0.1, 0.15) is 6.04 Å². The molecule has 0 aliphatic heterocycles. The molecule has 0 aliphatic rings. The summed E-state index contributed by atoms with van der Waals surface area (Å²) < 4.78 is 0. The van der Waals surface area contributed by atoms with Gasteiger partial charge in [-0.2, -0.15) is 5.26 Å². The molecule has 1 atom stereocenters. The first-order chi connectivity index (χ1) is 7.91. The summed E-state index contributed by atoms with van der Waals surface area (Å²) in [6.07, 6.45) is 0. The van der Waals surface area contributed by atoms with Crippen molar-refractivity contribution in [2.75, 3.05) is 20.6 Å². The molecule has 0 saturated heterocycles. The Morgan fingerprint density at radius 3 is 1.89 bits per heavy atom. The fourth-order valence-electron chi connectivity index (χ4n) is 1.63. The molecule has 0 spiro atoms. The highest BCUT2D eigenvalue weighted by atomic mass is 16.2. The summed E-state index contributed by atoms with van der Waals surface area (Å²) in [4.78, 5) is 15.7. The molecule has 0 radical (unpaired) electrons. The van der Waals surface area contributed by atoms with Crippen molar-refractivity contribution in [1.82, 2.24) is 9.80 Å². The number of rotatable bonds is 3. The van der Waals surface area contributed by atoms with Crippen molar-refractivity contribution in [3.8, 4) is 6.07 Å². The van der Waals surface area contributed by atoms with Crippen LogP contribution in [0.3, 0.4) is 0 Å². The molecular weight excluding hydrogens is 226 g/mol. The van der Waals surface area contributed by atoms with E-state index in [9.17, 15) is 10.1 Å². The number of hydrogen-bond acceptors (Lipinski definition) is 3. The molecule has 0 fully saturated rings. The minimum atomic E-state index is -0.408. The van der Waals surface area contributed by atoms with Crippen molar-refractivity contribution < 1.29 is 4.79 Å². The van der Waals surface area contributed by atoms with Crippen LogP contribution in [0.15, 0.2) is 0 Å². The van der Waals surface area contributed by atoms with E-state index in [1.807, 2.05) is 32.7 Å². The predicted octanol–water partition coefficient (Wildman–Crippen LogP) is 2.11. The third-order valence-corrected chi connectivity index (χ3v) is 3.11. The summed E-state index contributed by atoms with van der Waals surface area (Å²) >= 11 is 0. The topological polar surface area (TPSA) is 47.3 Å². The minimum absolute atomic E-state index is 0.0602. The van der Waals surface area contributed by atoms with E-state index in [1.54, 1.807) is 11.9 Å². The Labute approximate surface area is 112 Å². The van der Waals surface area contributed by atoms with Crippen LogP contribution in [0.1, 0.15) is 41.5 Å². The number of hydrogen-bond donors (Lipinski definition) is 0. The smallest absolute Gasteiger partial charge is 0.227 e. The van der Waals surface area contributed by atoms with Gasteiger partial charge in [0.25, 0.3) is 0 Å². The maximum Gasteiger partial charge on any atom is 0.227 e. The van der Waals surface area contributed by atoms with Crippen LogP contribution in [-0.2, 0) is 4.79 Å². The average molecular weight is 253 g/mol. The molecular formula is C14H27N3O. The van der Waals surface area contributed by atoms with Gasteiger partial charge in [0, 0.05) is 24.5 Å². The average Bonchev–Trinajstić information content (AvgIpc) is 2.20. The van der Waals surface area contributed by atoms with Gasteiger partial charge < -0.3 is 4.90 Å². The molecule has 104 valence electrons. The Hall–Kier alpha value is -1.08. The molecule has 0 heterocycles. The number of carbonyl (C=O) groups excluding carboxylic acids is 1. The van der Waals surface area contributed by atoms with Crippen molar-refractivity contribution in [2.24, 2.45) is 5.41 Å². The van der Waals surface area contributed by atoms with E-state index in [1.165, 1.54) is 0 Å². The molecule has 4 nitrogen and oxygen atoms in total. The standard InChI is InChI=1S/C14H27N3O/c1-13(2,3)12(18)16(7)10-11(9-15)17(8)14(4,5)6/h11H,10H2,1-8H3. The summed E-state index contributed by atoms with van der Waals surface area (Å²) in [5.74, 6) is 0.0602. The fourth-order valence-corrected chi connectivity index (χ4v) is 1.63. The first-order valence-electron chi connectivity index (χ1n) is 6.29. The Kier molecular flexibility index (Phi) is 5.36. The van der Waals surface area contributed by atoms with Crippen molar-refractivity contribution in [1.29, 1.82) is 5.26 Å². The predicted molar refractivity (Wildman–Crippen MR) is 74.0 cm³/mol. The second-order valence-electron chi connectivity index (χ2n) is 6.86. The van der Waals surface area contributed by atoms with Crippen molar-refractivity contribution in [2.45, 2.75) is 53.1 Å². The zero-order chi connectivity index (χ0) is 14.7. The molecule has 0 aromatic carbocycles. The highest BCUT2D eigenvalue weighted by Crippen LogP contribution is 2.19. The number of nitrogens with zero attached hydrogens (tertiary/aromatic N) is 3. The fraction of sp³-hybridized carbons (Fsp3) is 0.857. The van der Waals surface area contributed by atoms with Crippen LogP contribution in [0, 0.1) is 16.7 Å². The lowest BCUT2D eigenvalue weighted by Crippen LogP contribution is -2.51. The molecule has 0 aliphatic carbocycles. The lowest BCUT2D eigenvalue weighted by molar-refractivity contribution is -0.138. The second-order valence-corrected chi connectivity index (χ2v) is 6.86. The second kappa shape index (κ2) is 5.71. The van der Waals surface area contributed by atoms with E-state index in [0.29, 0.717) is 6.54 Å². The third-order valence-electron chi connectivity index (χ3n) is 3.11. The van der Waals surface area contributed by atoms with Crippen LogP contribution in [0.5, 0.6) is 0 Å². The molecule has 0 rings (SSSR count). The van der Waals surface area contributed by atoms with Crippen LogP contribution >= 0.6 is 0 Å². The van der Waals surface area contributed by atoms with Gasteiger partial charge in [0.15, 0.2) is 0 Å². The third kappa shape index (κ3) is 4.66. The molecule has 0 aromatic heterocycles. The van der Waals surface area contributed by atoms with Crippen LogP contribution in [0.2, 0.25) is 0 Å². The normalized spacial score (nSPS) is 14.2. The van der Waals surface area contributed by atoms with Gasteiger partial charge in [-0.15, -0.1) is 0 Å². The van der Waals surface area contributed by atoms with Gasteiger partial charge >= 0.3 is 0 Å². The molecule has 1 unspecified atom stereocenters. The van der Waals surface area contributed by atoms with Crippen LogP contribution < -0.4 is 0 Å². The summed E-state index contributed by atoms with van der Waals surface area (Å²) in [5, 5.41) is 9.26. The number of nitriles is 1. The van der Waals surface area contributed by atoms with E-state index in [-0.39, 0.29) is 17.5 Å². The van der Waals surface area contributed by atoms with Gasteiger partial charge in [-0.3, -0.25) is 9.69 Å². The van der Waals surface area contributed by atoms with Crippen molar-refractivity contribution >= 4 is 5.91 Å². The van der Waals surface area contributed by atoms with Gasteiger partial charge in [-0.1, -0.05) is 20.8 Å². The summed E-state index contributed by atoms with van der Waals surface area (Å²) in [6.45, 7) is 12.3. The lowest BCUT2D eigenvalue weighted by atomic mass is 9.94. The van der Waals surface area contributed by atoms with Gasteiger partial charge in [0.05, 0.1) is 6.07 Å². The Morgan fingerprint density at radius 2 is 1.61 bits per heavy atom. The Bertz CT molecular complexity index is 330. The number of carbonyl (C=O) groups is 1. The largest absolute Gasteiger partial charge is 0.343 e. The summed E-state index contributed by atoms with van der Waals surface area (Å²) in [6, 6.07) is 1.99. The molecule has 18 heavy (non-hydrogen) atoms. The van der Waals surface area contributed by atoms with Crippen LogP contribution in [-0.4, -0.2) is 47.9 Å². The SMILES string of the molecule is CN(CC(C#N)N(C)C(C)(C)C)C(=O)C(C)(C)C. The Morgan fingerprint density at radius 1 is 1.17 bits per heavy atom. The first-order valence-corrected chi connectivity index (χ1v) is 6.29. The number of likely N-dealkylation sites (N-methyl/N-ethyl adjacent to an activating group) is 2. The highest BCUT2D eigenvalue weighted by Gasteiger charge is 2.30. The molecule has 0 aromatic rings. The Balaban J connectivity index is 4.78. The van der Waals surface area contributed by atoms with E-state index in [2.05, 4.69) is 26.8 Å². The van der Waals surface area contributed by atoms with E-state index in [4.69, 9.17) is 0 Å². The monoisotopic (exact) mass is 253 g/mol. The number of amides is 1. The maximum atomic E-state index is 12.1. The maximum absolute atomic E-state index is 12.1. The van der Waals surface area contributed by atoms with Crippen molar-refractivity contribution in [3.63, 3.8) is 0 Å². The first kappa shape index (κ1) is 16.9. The van der Waals surface area contributed by atoms with Gasteiger partial charge in [0.2, 0.25) is 5.91 Å². The molecule has 4 heteroatoms. The van der Waals surface area contributed by atoms with E-state index in [0.717, 1.165) is 0 Å². The molecule has 0 saturated carbocycles. The van der Waals surface area contributed by atoms with Crippen molar-refractivity contribution in [3.05, 3.63) is 0 Å². The minimum Gasteiger partial charge on any atom is -0.343 e. The quantitative estimate of drug-likeness (QED) is 0.774.